The number of Topliss-reactive ketones (excluding diaryl/α,β-unsaturated/α-hetero) is 1. The molecule has 0 aliphatic carbocycles. The van der Waals surface area contributed by atoms with Crippen LogP contribution in [-0.4, -0.2) is 12.3 Å². The predicted octanol–water partition coefficient (Wildman–Crippen LogP) is 1.99. The van der Waals surface area contributed by atoms with Gasteiger partial charge in [-0.15, -0.1) is 0 Å². The summed E-state index contributed by atoms with van der Waals surface area (Å²) in [5.41, 5.74) is 5.55. The molecule has 0 heterocycles. The number of nitrogens with two attached hydrogens (primary N) is 1. The lowest BCUT2D eigenvalue weighted by Gasteiger charge is -1.95. The number of carbonyl (C=O) groups excluding carboxylic acids is 1. The maximum Gasteiger partial charge on any atom is 0.176 e. The molecule has 72 valence electrons. The number of rotatable bonds is 2. The summed E-state index contributed by atoms with van der Waals surface area (Å²) in [5.74, 6) is -0.524. The Hall–Kier alpha value is -1.22. The number of hydrogen-bond acceptors (Lipinski definition) is 2. The largest absolute Gasteiger partial charge is 0.324 e. The molecule has 0 fully saturated rings. The third kappa shape index (κ3) is 3.80. The quantitative estimate of drug-likeness (QED) is 0.712. The van der Waals surface area contributed by atoms with E-state index >= 15 is 0 Å². The minimum Gasteiger partial charge on any atom is -0.324 e. The molecule has 1 aromatic rings. The maximum absolute atomic E-state index is 12.3. The summed E-state index contributed by atoms with van der Waals surface area (Å²) in [6, 6.07) is 5.32. The van der Waals surface area contributed by atoms with Crippen LogP contribution in [0.1, 0.15) is 24.2 Å². The molecular formula is C10H14FNO. The van der Waals surface area contributed by atoms with Gasteiger partial charge in [-0.2, -0.15) is 0 Å². The van der Waals surface area contributed by atoms with Crippen LogP contribution in [0.3, 0.4) is 0 Å². The molecule has 0 spiro atoms. The van der Waals surface area contributed by atoms with E-state index in [4.69, 9.17) is 5.73 Å². The molecule has 0 aromatic heterocycles. The van der Waals surface area contributed by atoms with Crippen LogP contribution in [-0.2, 0) is 0 Å². The van der Waals surface area contributed by atoms with Crippen molar-refractivity contribution in [1.82, 2.24) is 0 Å². The van der Waals surface area contributed by atoms with Crippen molar-refractivity contribution in [3.8, 4) is 0 Å². The van der Waals surface area contributed by atoms with Gasteiger partial charge < -0.3 is 5.73 Å². The van der Waals surface area contributed by atoms with Gasteiger partial charge in [0.05, 0.1) is 6.54 Å². The summed E-state index contributed by atoms with van der Waals surface area (Å²) in [5, 5.41) is 0. The van der Waals surface area contributed by atoms with Crippen molar-refractivity contribution in [3.63, 3.8) is 0 Å². The molecule has 0 aliphatic heterocycles. The number of ketones is 1. The summed E-state index contributed by atoms with van der Waals surface area (Å²) in [6.07, 6.45) is 0. The molecule has 1 aromatic carbocycles. The Balaban J connectivity index is 0.000000671. The van der Waals surface area contributed by atoms with E-state index in [1.165, 1.54) is 24.3 Å². The molecule has 0 saturated carbocycles. The molecule has 0 radical (unpaired) electrons. The van der Waals surface area contributed by atoms with Crippen molar-refractivity contribution in [2.24, 2.45) is 5.73 Å². The second-order valence-corrected chi connectivity index (χ2v) is 2.13. The van der Waals surface area contributed by atoms with E-state index in [9.17, 15) is 9.18 Å². The van der Waals surface area contributed by atoms with E-state index in [0.29, 0.717) is 5.56 Å². The summed E-state index contributed by atoms with van der Waals surface area (Å²) >= 11 is 0. The lowest BCUT2D eigenvalue weighted by atomic mass is 10.1. The second kappa shape index (κ2) is 6.31. The Labute approximate surface area is 77.6 Å². The van der Waals surface area contributed by atoms with Gasteiger partial charge >= 0.3 is 0 Å². The highest BCUT2D eigenvalue weighted by Crippen LogP contribution is 2.02. The van der Waals surface area contributed by atoms with Gasteiger partial charge in [-0.1, -0.05) is 13.8 Å². The SMILES string of the molecule is CC.NCC(=O)c1ccc(F)cc1. The summed E-state index contributed by atoms with van der Waals surface area (Å²) < 4.78 is 12.3. The molecule has 2 nitrogen and oxygen atoms in total. The molecule has 0 amide bonds. The van der Waals surface area contributed by atoms with Gasteiger partial charge in [0, 0.05) is 5.56 Å². The normalized spacial score (nSPS) is 8.62. The van der Waals surface area contributed by atoms with Crippen LogP contribution in [0, 0.1) is 5.82 Å². The Morgan fingerprint density at radius 2 is 1.77 bits per heavy atom. The third-order valence-corrected chi connectivity index (χ3v) is 1.35. The van der Waals surface area contributed by atoms with Gasteiger partial charge in [-0.25, -0.2) is 4.39 Å². The Kier molecular flexibility index (Phi) is 5.72. The first kappa shape index (κ1) is 11.8. The monoisotopic (exact) mass is 183 g/mol. The Morgan fingerprint density at radius 1 is 1.31 bits per heavy atom. The van der Waals surface area contributed by atoms with Crippen molar-refractivity contribution in [1.29, 1.82) is 0 Å². The number of benzene rings is 1. The van der Waals surface area contributed by atoms with Gasteiger partial charge in [-0.3, -0.25) is 4.79 Å². The zero-order valence-electron chi connectivity index (χ0n) is 7.88. The average molecular weight is 183 g/mol. The zero-order chi connectivity index (χ0) is 10.3. The van der Waals surface area contributed by atoms with Crippen molar-refractivity contribution in [2.45, 2.75) is 13.8 Å². The number of halogens is 1. The van der Waals surface area contributed by atoms with Crippen LogP contribution in [0.15, 0.2) is 24.3 Å². The molecule has 1 rings (SSSR count). The molecule has 0 aliphatic rings. The van der Waals surface area contributed by atoms with E-state index < -0.39 is 0 Å². The molecule has 2 N–H and O–H groups in total. The number of hydrogen-bond donors (Lipinski definition) is 1. The van der Waals surface area contributed by atoms with Gasteiger partial charge in [0.15, 0.2) is 5.78 Å². The maximum atomic E-state index is 12.3. The summed E-state index contributed by atoms with van der Waals surface area (Å²) in [7, 11) is 0. The van der Waals surface area contributed by atoms with Crippen LogP contribution >= 0.6 is 0 Å². The fourth-order valence-corrected chi connectivity index (χ4v) is 0.754. The molecule has 3 heteroatoms. The Morgan fingerprint density at radius 3 is 2.15 bits per heavy atom. The van der Waals surface area contributed by atoms with Crippen LogP contribution in [0.5, 0.6) is 0 Å². The highest BCUT2D eigenvalue weighted by Gasteiger charge is 2.01. The number of carbonyl (C=O) groups is 1. The van der Waals surface area contributed by atoms with Gasteiger partial charge in [-0.05, 0) is 24.3 Å². The zero-order valence-corrected chi connectivity index (χ0v) is 7.88. The van der Waals surface area contributed by atoms with Gasteiger partial charge in [0.2, 0.25) is 0 Å². The third-order valence-electron chi connectivity index (χ3n) is 1.35. The fraction of sp³-hybridized carbons (Fsp3) is 0.300. The van der Waals surface area contributed by atoms with Crippen LogP contribution in [0.2, 0.25) is 0 Å². The molecule has 0 unspecified atom stereocenters. The standard InChI is InChI=1S/C8H8FNO.C2H6/c9-7-3-1-6(2-4-7)8(11)5-10;1-2/h1-4H,5,10H2;1-2H3. The van der Waals surface area contributed by atoms with E-state index in [0.717, 1.165) is 0 Å². The van der Waals surface area contributed by atoms with Crippen molar-refractivity contribution < 1.29 is 9.18 Å². The van der Waals surface area contributed by atoms with E-state index in [2.05, 4.69) is 0 Å². The molecule has 0 saturated heterocycles. The van der Waals surface area contributed by atoms with E-state index in [-0.39, 0.29) is 18.1 Å². The predicted molar refractivity (Wildman–Crippen MR) is 51.1 cm³/mol. The van der Waals surface area contributed by atoms with Crippen LogP contribution in [0.25, 0.3) is 0 Å². The van der Waals surface area contributed by atoms with Crippen molar-refractivity contribution >= 4 is 5.78 Å². The van der Waals surface area contributed by atoms with Crippen molar-refractivity contribution in [2.75, 3.05) is 6.54 Å². The minimum absolute atomic E-state index is 0.0361. The second-order valence-electron chi connectivity index (χ2n) is 2.13. The fourth-order valence-electron chi connectivity index (χ4n) is 0.754. The first-order valence-corrected chi connectivity index (χ1v) is 4.23. The van der Waals surface area contributed by atoms with Crippen molar-refractivity contribution in [3.05, 3.63) is 35.6 Å². The van der Waals surface area contributed by atoms with E-state index in [1.54, 1.807) is 0 Å². The molecule has 0 bridgehead atoms. The first-order chi connectivity index (χ1) is 6.24. The van der Waals surface area contributed by atoms with Crippen LogP contribution < -0.4 is 5.73 Å². The highest BCUT2D eigenvalue weighted by atomic mass is 19.1. The lowest BCUT2D eigenvalue weighted by molar-refractivity contribution is 0.100. The lowest BCUT2D eigenvalue weighted by Crippen LogP contribution is -2.13. The molecule has 13 heavy (non-hydrogen) atoms. The summed E-state index contributed by atoms with van der Waals surface area (Å²) in [6.45, 7) is 3.96. The molecular weight excluding hydrogens is 169 g/mol. The first-order valence-electron chi connectivity index (χ1n) is 4.23. The minimum atomic E-state index is -0.349. The Bertz CT molecular complexity index is 256. The smallest absolute Gasteiger partial charge is 0.176 e. The van der Waals surface area contributed by atoms with Gasteiger partial charge in [0.25, 0.3) is 0 Å². The summed E-state index contributed by atoms with van der Waals surface area (Å²) in [4.78, 5) is 10.9. The average Bonchev–Trinajstić information content (AvgIpc) is 2.21. The van der Waals surface area contributed by atoms with Gasteiger partial charge in [0.1, 0.15) is 5.82 Å². The molecule has 0 atom stereocenters. The topological polar surface area (TPSA) is 43.1 Å². The van der Waals surface area contributed by atoms with Crippen LogP contribution in [0.4, 0.5) is 4.39 Å². The highest BCUT2D eigenvalue weighted by molar-refractivity contribution is 5.97. The van der Waals surface area contributed by atoms with E-state index in [1.807, 2.05) is 13.8 Å².